The predicted molar refractivity (Wildman–Crippen MR) is 44.3 cm³/mol. The molecule has 0 unspecified atom stereocenters. The van der Waals surface area contributed by atoms with Crippen molar-refractivity contribution in [2.75, 3.05) is 0 Å². The molecule has 1 aromatic rings. The van der Waals surface area contributed by atoms with Crippen molar-refractivity contribution in [2.45, 2.75) is 19.8 Å². The highest BCUT2D eigenvalue weighted by Gasteiger charge is 2.09. The van der Waals surface area contributed by atoms with Crippen molar-refractivity contribution in [3.8, 4) is 0 Å². The molecule has 4 N–H and O–H groups in total. The van der Waals surface area contributed by atoms with Gasteiger partial charge in [0.25, 0.3) is 5.91 Å². The fraction of sp³-hybridized carbons (Fsp3) is 0.429. The molecule has 0 radical (unpaired) electrons. The van der Waals surface area contributed by atoms with Gasteiger partial charge in [-0.3, -0.25) is 15.3 Å². The molecule has 0 aliphatic carbocycles. The second-order valence-electron chi connectivity index (χ2n) is 2.84. The first-order chi connectivity index (χ1) is 5.65. The Kier molecular flexibility index (Phi) is 2.44. The van der Waals surface area contributed by atoms with Crippen LogP contribution in [0, 0.1) is 0 Å². The lowest BCUT2D eigenvalue weighted by Gasteiger charge is -1.96. The first-order valence-corrected chi connectivity index (χ1v) is 3.71. The second-order valence-corrected chi connectivity index (χ2v) is 2.84. The van der Waals surface area contributed by atoms with E-state index in [9.17, 15) is 4.79 Å². The molecule has 5 heteroatoms. The van der Waals surface area contributed by atoms with E-state index in [-0.39, 0.29) is 5.91 Å². The molecule has 0 bridgehead atoms. The summed E-state index contributed by atoms with van der Waals surface area (Å²) in [6.45, 7) is 4.02. The van der Waals surface area contributed by atoms with Crippen molar-refractivity contribution in [1.82, 2.24) is 15.6 Å². The molecule has 0 saturated carbocycles. The van der Waals surface area contributed by atoms with Crippen molar-refractivity contribution >= 4 is 5.91 Å². The van der Waals surface area contributed by atoms with Gasteiger partial charge in [0, 0.05) is 5.69 Å². The van der Waals surface area contributed by atoms with E-state index in [1.54, 1.807) is 6.07 Å². The maximum atomic E-state index is 10.9. The van der Waals surface area contributed by atoms with Crippen LogP contribution in [0.2, 0.25) is 0 Å². The number of nitrogens with two attached hydrogens (primary N) is 1. The minimum Gasteiger partial charge on any atom is -0.289 e. The zero-order valence-corrected chi connectivity index (χ0v) is 7.09. The Hall–Kier alpha value is -1.36. The highest BCUT2D eigenvalue weighted by Crippen LogP contribution is 2.11. The molecular weight excluding hydrogens is 156 g/mol. The number of aromatic amines is 1. The van der Waals surface area contributed by atoms with Crippen molar-refractivity contribution < 1.29 is 4.79 Å². The normalized spacial score (nSPS) is 10.3. The molecule has 0 spiro atoms. The third-order valence-corrected chi connectivity index (χ3v) is 1.58. The number of nitrogen functional groups attached to an aromatic ring is 1. The molecular formula is C7H12N4O. The highest BCUT2D eigenvalue weighted by atomic mass is 16.2. The summed E-state index contributed by atoms with van der Waals surface area (Å²) in [5.74, 6) is 4.89. The van der Waals surface area contributed by atoms with Gasteiger partial charge in [-0.05, 0) is 12.0 Å². The Labute approximate surface area is 70.3 Å². The van der Waals surface area contributed by atoms with E-state index in [2.05, 4.69) is 10.2 Å². The molecule has 0 aliphatic heterocycles. The SMILES string of the molecule is CC(C)c1cc(C(=O)NN)n[nH]1. The number of H-pyrrole nitrogens is 1. The molecule has 1 heterocycles. The minimum atomic E-state index is -0.377. The van der Waals surface area contributed by atoms with E-state index in [4.69, 9.17) is 5.84 Å². The minimum absolute atomic E-state index is 0.321. The average molecular weight is 168 g/mol. The van der Waals surface area contributed by atoms with E-state index in [1.807, 2.05) is 19.3 Å². The third-order valence-electron chi connectivity index (χ3n) is 1.58. The molecule has 0 fully saturated rings. The van der Waals surface area contributed by atoms with Crippen LogP contribution >= 0.6 is 0 Å². The van der Waals surface area contributed by atoms with Crippen LogP contribution in [0.5, 0.6) is 0 Å². The summed E-state index contributed by atoms with van der Waals surface area (Å²) >= 11 is 0. The fourth-order valence-corrected chi connectivity index (χ4v) is 0.823. The number of carbonyl (C=O) groups is 1. The number of hydrogen-bond acceptors (Lipinski definition) is 3. The molecule has 0 aromatic carbocycles. The van der Waals surface area contributed by atoms with Crippen LogP contribution < -0.4 is 11.3 Å². The molecule has 5 nitrogen and oxygen atoms in total. The smallest absolute Gasteiger partial charge is 0.285 e. The summed E-state index contributed by atoms with van der Waals surface area (Å²) in [4.78, 5) is 10.9. The van der Waals surface area contributed by atoms with Gasteiger partial charge in [-0.15, -0.1) is 0 Å². The third kappa shape index (κ3) is 1.62. The van der Waals surface area contributed by atoms with Crippen LogP contribution in [-0.2, 0) is 0 Å². The number of amides is 1. The number of nitrogens with zero attached hydrogens (tertiary/aromatic N) is 1. The van der Waals surface area contributed by atoms with Gasteiger partial charge in [0.1, 0.15) is 0 Å². The summed E-state index contributed by atoms with van der Waals surface area (Å²) in [6.07, 6.45) is 0. The van der Waals surface area contributed by atoms with Gasteiger partial charge in [0.2, 0.25) is 0 Å². The lowest BCUT2D eigenvalue weighted by Crippen LogP contribution is -2.30. The molecule has 1 rings (SSSR count). The summed E-state index contributed by atoms with van der Waals surface area (Å²) in [5, 5.41) is 6.55. The van der Waals surface area contributed by atoms with Gasteiger partial charge in [-0.25, -0.2) is 5.84 Å². The number of nitrogens with one attached hydrogen (secondary N) is 2. The summed E-state index contributed by atoms with van der Waals surface area (Å²) in [6, 6.07) is 1.69. The van der Waals surface area contributed by atoms with E-state index in [0.29, 0.717) is 11.6 Å². The summed E-state index contributed by atoms with van der Waals surface area (Å²) in [7, 11) is 0. The first kappa shape index (κ1) is 8.73. The largest absolute Gasteiger partial charge is 0.289 e. The second kappa shape index (κ2) is 3.36. The summed E-state index contributed by atoms with van der Waals surface area (Å²) < 4.78 is 0. The van der Waals surface area contributed by atoms with Gasteiger partial charge < -0.3 is 0 Å². The van der Waals surface area contributed by atoms with E-state index in [1.165, 1.54) is 0 Å². The quantitative estimate of drug-likeness (QED) is 0.333. The zero-order valence-electron chi connectivity index (χ0n) is 7.09. The van der Waals surface area contributed by atoms with Crippen molar-refractivity contribution in [3.63, 3.8) is 0 Å². The van der Waals surface area contributed by atoms with Crippen molar-refractivity contribution in [3.05, 3.63) is 17.5 Å². The highest BCUT2D eigenvalue weighted by molar-refractivity contribution is 5.91. The summed E-state index contributed by atoms with van der Waals surface area (Å²) in [5.41, 5.74) is 3.26. The zero-order chi connectivity index (χ0) is 9.14. The molecule has 12 heavy (non-hydrogen) atoms. The monoisotopic (exact) mass is 168 g/mol. The number of aromatic nitrogens is 2. The molecule has 0 atom stereocenters. The molecule has 1 amide bonds. The standard InChI is InChI=1S/C7H12N4O/c1-4(2)5-3-6(11-10-5)7(12)9-8/h3-4H,8H2,1-2H3,(H,9,12)(H,10,11). The number of carbonyl (C=O) groups excluding carboxylic acids is 1. The molecule has 0 aliphatic rings. The van der Waals surface area contributed by atoms with Crippen LogP contribution in [-0.4, -0.2) is 16.1 Å². The Morgan fingerprint density at radius 2 is 2.42 bits per heavy atom. The molecule has 66 valence electrons. The van der Waals surface area contributed by atoms with Crippen LogP contribution in [0.1, 0.15) is 35.9 Å². The lowest BCUT2D eigenvalue weighted by atomic mass is 10.1. The van der Waals surface area contributed by atoms with E-state index < -0.39 is 0 Å². The van der Waals surface area contributed by atoms with Crippen molar-refractivity contribution in [1.29, 1.82) is 0 Å². The van der Waals surface area contributed by atoms with E-state index in [0.717, 1.165) is 5.69 Å². The lowest BCUT2D eigenvalue weighted by molar-refractivity contribution is 0.0948. The predicted octanol–water partition coefficient (Wildman–Crippen LogP) is 0.137. The Morgan fingerprint density at radius 3 is 2.83 bits per heavy atom. The Balaban J connectivity index is 2.84. The molecule has 1 aromatic heterocycles. The fourth-order valence-electron chi connectivity index (χ4n) is 0.823. The Morgan fingerprint density at radius 1 is 1.75 bits per heavy atom. The number of hydrazine groups is 1. The van der Waals surface area contributed by atoms with E-state index >= 15 is 0 Å². The first-order valence-electron chi connectivity index (χ1n) is 3.71. The van der Waals surface area contributed by atoms with Gasteiger partial charge in [0.15, 0.2) is 5.69 Å². The van der Waals surface area contributed by atoms with Gasteiger partial charge in [0.05, 0.1) is 0 Å². The Bertz CT molecular complexity index is 279. The van der Waals surface area contributed by atoms with Crippen LogP contribution in [0.4, 0.5) is 0 Å². The number of hydrogen-bond donors (Lipinski definition) is 3. The van der Waals surface area contributed by atoms with Gasteiger partial charge in [-0.1, -0.05) is 13.8 Å². The maximum Gasteiger partial charge on any atom is 0.285 e. The number of rotatable bonds is 2. The maximum absolute atomic E-state index is 10.9. The topological polar surface area (TPSA) is 83.8 Å². The molecule has 0 saturated heterocycles. The van der Waals surface area contributed by atoms with Crippen LogP contribution in [0.3, 0.4) is 0 Å². The average Bonchev–Trinajstić information content (AvgIpc) is 2.51. The van der Waals surface area contributed by atoms with Gasteiger partial charge >= 0.3 is 0 Å². The van der Waals surface area contributed by atoms with Crippen LogP contribution in [0.25, 0.3) is 0 Å². The van der Waals surface area contributed by atoms with Crippen LogP contribution in [0.15, 0.2) is 6.07 Å². The van der Waals surface area contributed by atoms with Crippen molar-refractivity contribution in [2.24, 2.45) is 5.84 Å². The van der Waals surface area contributed by atoms with Gasteiger partial charge in [-0.2, -0.15) is 5.10 Å².